The first kappa shape index (κ1) is 17.6. The third kappa shape index (κ3) is 3.75. The van der Waals surface area contributed by atoms with Crippen molar-refractivity contribution in [2.75, 3.05) is 44.7 Å². The summed E-state index contributed by atoms with van der Waals surface area (Å²) < 4.78 is 8.24. The number of nitrogens with zero attached hydrogens (tertiary/aromatic N) is 4. The molecule has 0 radical (unpaired) electrons. The largest absolute Gasteiger partial charge is 0.392 e. The quantitative estimate of drug-likeness (QED) is 0.582. The van der Waals surface area contributed by atoms with E-state index in [4.69, 9.17) is 4.74 Å². The van der Waals surface area contributed by atoms with Gasteiger partial charge in [0.15, 0.2) is 11.2 Å². The lowest BCUT2D eigenvalue weighted by atomic mass is 10.4. The van der Waals surface area contributed by atoms with Gasteiger partial charge in [-0.05, 0) is 6.92 Å². The zero-order valence-corrected chi connectivity index (χ0v) is 14.5. The maximum absolute atomic E-state index is 12.2. The Bertz CT molecular complexity index is 846. The van der Waals surface area contributed by atoms with Crippen LogP contribution in [0, 0.1) is 0 Å². The lowest BCUT2D eigenvalue weighted by Gasteiger charge is -2.26. The zero-order chi connectivity index (χ0) is 18.0. The number of aryl methyl sites for hydroxylation is 1. The molecule has 1 fully saturated rings. The van der Waals surface area contributed by atoms with Crippen molar-refractivity contribution in [2.24, 2.45) is 7.05 Å². The van der Waals surface area contributed by atoms with Crippen LogP contribution in [0.3, 0.4) is 0 Å². The molecular formula is C15H24N6O4. The number of hydrogen-bond donors (Lipinski definition) is 3. The normalized spacial score (nSPS) is 17.1. The monoisotopic (exact) mass is 352 g/mol. The molecule has 0 saturated carbocycles. The fraction of sp³-hybridized carbons (Fsp3) is 0.667. The molecule has 0 aromatic carbocycles. The SMILES string of the molecule is CC(O)Cn1c(NCCN2CCOCC2)nc2c1c(=O)[nH]c(=O)n2C. The predicted molar refractivity (Wildman–Crippen MR) is 93.0 cm³/mol. The van der Waals surface area contributed by atoms with E-state index >= 15 is 0 Å². The molecule has 0 bridgehead atoms. The van der Waals surface area contributed by atoms with Crippen LogP contribution < -0.4 is 16.6 Å². The van der Waals surface area contributed by atoms with Crippen LogP contribution in [0.5, 0.6) is 0 Å². The van der Waals surface area contributed by atoms with Crippen LogP contribution in [0.25, 0.3) is 11.2 Å². The molecule has 10 heteroatoms. The van der Waals surface area contributed by atoms with Gasteiger partial charge in [0.2, 0.25) is 5.95 Å². The number of hydrogen-bond acceptors (Lipinski definition) is 7. The first-order valence-electron chi connectivity index (χ1n) is 8.39. The van der Waals surface area contributed by atoms with Gasteiger partial charge in [-0.3, -0.25) is 19.2 Å². The van der Waals surface area contributed by atoms with Crippen molar-refractivity contribution in [3.63, 3.8) is 0 Å². The maximum Gasteiger partial charge on any atom is 0.329 e. The van der Waals surface area contributed by atoms with E-state index in [1.165, 1.54) is 4.57 Å². The standard InChI is InChI=1S/C15H24N6O4/c1-10(22)9-21-11-12(19(2)15(24)18-13(11)23)17-14(21)16-3-4-20-5-7-25-8-6-20/h10,22H,3-9H2,1-2H3,(H,16,17)(H,18,23,24). The van der Waals surface area contributed by atoms with Crippen LogP contribution in [0.15, 0.2) is 9.59 Å². The second-order valence-corrected chi connectivity index (χ2v) is 6.27. The van der Waals surface area contributed by atoms with E-state index in [1.54, 1.807) is 18.5 Å². The van der Waals surface area contributed by atoms with E-state index in [0.717, 1.165) is 32.8 Å². The van der Waals surface area contributed by atoms with Crippen LogP contribution >= 0.6 is 0 Å². The van der Waals surface area contributed by atoms with Crippen LogP contribution in [0.2, 0.25) is 0 Å². The van der Waals surface area contributed by atoms with Gasteiger partial charge in [0.1, 0.15) is 0 Å². The molecule has 25 heavy (non-hydrogen) atoms. The lowest BCUT2D eigenvalue weighted by molar-refractivity contribution is 0.0398. The number of fused-ring (bicyclic) bond motifs is 1. The molecule has 1 aliphatic heterocycles. The summed E-state index contributed by atoms with van der Waals surface area (Å²) in [6, 6.07) is 0. The number of nitrogens with one attached hydrogen (secondary N) is 2. The van der Waals surface area contributed by atoms with Gasteiger partial charge in [-0.1, -0.05) is 0 Å². The van der Waals surface area contributed by atoms with Gasteiger partial charge in [0.05, 0.1) is 25.9 Å². The minimum Gasteiger partial charge on any atom is -0.392 e. The number of aromatic amines is 1. The number of morpholine rings is 1. The number of rotatable bonds is 6. The van der Waals surface area contributed by atoms with E-state index in [2.05, 4.69) is 20.2 Å². The second kappa shape index (κ2) is 7.38. The molecule has 138 valence electrons. The van der Waals surface area contributed by atoms with Crippen molar-refractivity contribution in [1.29, 1.82) is 0 Å². The Labute approximate surface area is 144 Å². The highest BCUT2D eigenvalue weighted by atomic mass is 16.5. The first-order chi connectivity index (χ1) is 12.0. The minimum atomic E-state index is -0.658. The van der Waals surface area contributed by atoms with Crippen LogP contribution in [-0.4, -0.2) is 74.6 Å². The number of H-pyrrole nitrogens is 1. The topological polar surface area (TPSA) is 117 Å². The summed E-state index contributed by atoms with van der Waals surface area (Å²) in [6.07, 6.45) is -0.658. The Morgan fingerprint density at radius 3 is 2.76 bits per heavy atom. The highest BCUT2D eigenvalue weighted by Gasteiger charge is 2.18. The van der Waals surface area contributed by atoms with Crippen molar-refractivity contribution in [3.05, 3.63) is 20.8 Å². The van der Waals surface area contributed by atoms with E-state index in [1.807, 2.05) is 0 Å². The number of ether oxygens (including phenoxy) is 1. The second-order valence-electron chi connectivity index (χ2n) is 6.27. The molecule has 2 aromatic heterocycles. The van der Waals surface area contributed by atoms with Crippen molar-refractivity contribution in [1.82, 2.24) is 24.0 Å². The van der Waals surface area contributed by atoms with E-state index in [-0.39, 0.29) is 12.1 Å². The molecule has 0 aliphatic carbocycles. The van der Waals surface area contributed by atoms with Crippen molar-refractivity contribution < 1.29 is 9.84 Å². The van der Waals surface area contributed by atoms with Gasteiger partial charge in [0, 0.05) is 33.2 Å². The lowest BCUT2D eigenvalue weighted by Crippen LogP contribution is -2.39. The molecule has 1 unspecified atom stereocenters. The molecule has 10 nitrogen and oxygen atoms in total. The molecule has 0 spiro atoms. The van der Waals surface area contributed by atoms with E-state index < -0.39 is 17.4 Å². The average Bonchev–Trinajstić information content (AvgIpc) is 2.92. The Morgan fingerprint density at radius 2 is 2.08 bits per heavy atom. The summed E-state index contributed by atoms with van der Waals surface area (Å²) in [4.78, 5) is 33.0. The van der Waals surface area contributed by atoms with Gasteiger partial charge in [-0.25, -0.2) is 4.79 Å². The molecule has 3 heterocycles. The van der Waals surface area contributed by atoms with Gasteiger partial charge in [-0.2, -0.15) is 4.98 Å². The molecule has 3 N–H and O–H groups in total. The Hall–Kier alpha value is -2.17. The predicted octanol–water partition coefficient (Wildman–Crippen LogP) is -1.45. The Kier molecular flexibility index (Phi) is 5.21. The van der Waals surface area contributed by atoms with Gasteiger partial charge < -0.3 is 19.7 Å². The summed E-state index contributed by atoms with van der Waals surface area (Å²) in [5.74, 6) is 0.468. The van der Waals surface area contributed by atoms with E-state index in [0.29, 0.717) is 18.1 Å². The molecule has 1 atom stereocenters. The van der Waals surface area contributed by atoms with Crippen molar-refractivity contribution in [3.8, 4) is 0 Å². The van der Waals surface area contributed by atoms with Crippen LogP contribution in [0.4, 0.5) is 5.95 Å². The molecule has 1 aliphatic rings. The third-order valence-electron chi connectivity index (χ3n) is 4.27. The van der Waals surface area contributed by atoms with Crippen molar-refractivity contribution >= 4 is 17.1 Å². The van der Waals surface area contributed by atoms with Crippen molar-refractivity contribution in [2.45, 2.75) is 19.6 Å². The zero-order valence-electron chi connectivity index (χ0n) is 14.5. The first-order valence-corrected chi connectivity index (χ1v) is 8.39. The summed E-state index contributed by atoms with van der Waals surface area (Å²) in [5.41, 5.74) is -0.452. The molecule has 0 amide bonds. The molecule has 1 saturated heterocycles. The number of aromatic nitrogens is 4. The van der Waals surface area contributed by atoms with Gasteiger partial charge in [-0.15, -0.1) is 0 Å². The summed E-state index contributed by atoms with van der Waals surface area (Å²) >= 11 is 0. The summed E-state index contributed by atoms with van der Waals surface area (Å²) in [5, 5.41) is 13.0. The molecule has 2 aromatic rings. The van der Waals surface area contributed by atoms with Crippen LogP contribution in [0.1, 0.15) is 6.92 Å². The number of aliphatic hydroxyl groups is 1. The Morgan fingerprint density at radius 1 is 1.36 bits per heavy atom. The fourth-order valence-corrected chi connectivity index (χ4v) is 2.96. The minimum absolute atomic E-state index is 0.206. The molecule has 3 rings (SSSR count). The van der Waals surface area contributed by atoms with E-state index in [9.17, 15) is 14.7 Å². The number of imidazole rings is 1. The average molecular weight is 352 g/mol. The molecular weight excluding hydrogens is 328 g/mol. The fourth-order valence-electron chi connectivity index (χ4n) is 2.96. The number of aliphatic hydroxyl groups excluding tert-OH is 1. The van der Waals surface area contributed by atoms with Gasteiger partial charge in [0.25, 0.3) is 5.56 Å². The smallest absolute Gasteiger partial charge is 0.329 e. The number of anilines is 1. The van der Waals surface area contributed by atoms with Crippen LogP contribution in [-0.2, 0) is 18.3 Å². The third-order valence-corrected chi connectivity index (χ3v) is 4.27. The highest BCUT2D eigenvalue weighted by Crippen LogP contribution is 2.15. The summed E-state index contributed by atoms with van der Waals surface area (Å²) in [7, 11) is 1.55. The highest BCUT2D eigenvalue weighted by molar-refractivity contribution is 5.74. The summed E-state index contributed by atoms with van der Waals surface area (Å²) in [6.45, 7) is 6.54. The Balaban J connectivity index is 1.87. The van der Waals surface area contributed by atoms with Gasteiger partial charge >= 0.3 is 5.69 Å². The maximum atomic E-state index is 12.2.